The molecule has 0 radical (unpaired) electrons. The molecule has 0 N–H and O–H groups in total. The molecule has 108 valence electrons. The van der Waals surface area contributed by atoms with Crippen molar-refractivity contribution in [2.24, 2.45) is 0 Å². The van der Waals surface area contributed by atoms with E-state index in [9.17, 15) is 4.79 Å². The Morgan fingerprint density at radius 1 is 1.29 bits per heavy atom. The van der Waals surface area contributed by atoms with Gasteiger partial charge in [0.1, 0.15) is 10.3 Å². The maximum atomic E-state index is 12.3. The van der Waals surface area contributed by atoms with Crippen molar-refractivity contribution in [3.63, 3.8) is 0 Å². The fraction of sp³-hybridized carbons (Fsp3) is 0.200. The number of hydrogen-bond donors (Lipinski definition) is 0. The Kier molecular flexibility index (Phi) is 3.79. The molecule has 1 aliphatic rings. The summed E-state index contributed by atoms with van der Waals surface area (Å²) >= 11 is 3.27. The molecule has 0 spiro atoms. The average molecular weight is 349 g/mol. The van der Waals surface area contributed by atoms with Gasteiger partial charge in [-0.2, -0.15) is 0 Å². The van der Waals surface area contributed by atoms with E-state index in [0.29, 0.717) is 22.6 Å². The number of hydrogen-bond acceptors (Lipinski definition) is 4. The van der Waals surface area contributed by atoms with Gasteiger partial charge < -0.3 is 14.4 Å². The van der Waals surface area contributed by atoms with Gasteiger partial charge in [0, 0.05) is 13.6 Å². The molecule has 0 saturated carbocycles. The molecule has 1 amide bonds. The Morgan fingerprint density at radius 3 is 2.90 bits per heavy atom. The van der Waals surface area contributed by atoms with E-state index in [0.717, 1.165) is 11.3 Å². The van der Waals surface area contributed by atoms with E-state index in [2.05, 4.69) is 20.9 Å². The molecule has 1 aromatic heterocycles. The zero-order valence-corrected chi connectivity index (χ0v) is 13.0. The van der Waals surface area contributed by atoms with Crippen LogP contribution in [-0.4, -0.2) is 29.6 Å². The van der Waals surface area contributed by atoms with Crippen LogP contribution >= 0.6 is 15.9 Å². The van der Waals surface area contributed by atoms with Crippen LogP contribution in [0.1, 0.15) is 16.1 Å². The predicted octanol–water partition coefficient (Wildman–Crippen LogP) is 2.85. The van der Waals surface area contributed by atoms with Crippen molar-refractivity contribution < 1.29 is 14.3 Å². The number of pyridine rings is 1. The summed E-state index contributed by atoms with van der Waals surface area (Å²) in [7, 11) is 1.75. The summed E-state index contributed by atoms with van der Waals surface area (Å²) in [5.74, 6) is 1.32. The third-order valence-electron chi connectivity index (χ3n) is 3.14. The largest absolute Gasteiger partial charge is 0.454 e. The van der Waals surface area contributed by atoms with Crippen molar-refractivity contribution in [3.8, 4) is 11.5 Å². The number of benzene rings is 1. The first-order valence-electron chi connectivity index (χ1n) is 6.40. The van der Waals surface area contributed by atoms with Crippen molar-refractivity contribution in [1.82, 2.24) is 9.88 Å². The maximum Gasteiger partial charge on any atom is 0.272 e. The van der Waals surface area contributed by atoms with Gasteiger partial charge in [-0.05, 0) is 45.8 Å². The van der Waals surface area contributed by atoms with E-state index in [1.54, 1.807) is 30.1 Å². The van der Waals surface area contributed by atoms with E-state index in [1.165, 1.54) is 0 Å². The lowest BCUT2D eigenvalue weighted by Gasteiger charge is -2.17. The van der Waals surface area contributed by atoms with E-state index < -0.39 is 0 Å². The first-order valence-corrected chi connectivity index (χ1v) is 7.19. The second kappa shape index (κ2) is 5.73. The highest BCUT2D eigenvalue weighted by atomic mass is 79.9. The van der Waals surface area contributed by atoms with Crippen LogP contribution in [0.4, 0.5) is 0 Å². The number of amides is 1. The third-order valence-corrected chi connectivity index (χ3v) is 3.58. The summed E-state index contributed by atoms with van der Waals surface area (Å²) in [6.45, 7) is 0.721. The molecule has 2 aromatic rings. The topological polar surface area (TPSA) is 51.7 Å². The normalized spacial score (nSPS) is 12.3. The van der Waals surface area contributed by atoms with Crippen LogP contribution in [0.2, 0.25) is 0 Å². The molecule has 0 aliphatic carbocycles. The summed E-state index contributed by atoms with van der Waals surface area (Å²) in [5, 5.41) is 0. The fourth-order valence-electron chi connectivity index (χ4n) is 2.11. The number of carbonyl (C=O) groups excluding carboxylic acids is 1. The molecule has 1 aromatic carbocycles. The van der Waals surface area contributed by atoms with Gasteiger partial charge in [-0.1, -0.05) is 12.1 Å². The summed E-state index contributed by atoms with van der Waals surface area (Å²) < 4.78 is 11.3. The SMILES string of the molecule is CN(Cc1ccc2c(c1)OCO2)C(=O)c1cccc(Br)n1. The number of nitrogens with zero attached hydrogens (tertiary/aromatic N) is 2. The van der Waals surface area contributed by atoms with E-state index in [4.69, 9.17) is 9.47 Å². The van der Waals surface area contributed by atoms with Crippen LogP contribution in [-0.2, 0) is 6.54 Å². The minimum atomic E-state index is -0.131. The Morgan fingerprint density at radius 2 is 2.10 bits per heavy atom. The van der Waals surface area contributed by atoms with E-state index >= 15 is 0 Å². The molecule has 0 bridgehead atoms. The molecule has 2 heterocycles. The van der Waals surface area contributed by atoms with Gasteiger partial charge in [-0.3, -0.25) is 4.79 Å². The zero-order chi connectivity index (χ0) is 14.8. The second-order valence-corrected chi connectivity index (χ2v) is 5.51. The van der Waals surface area contributed by atoms with Crippen LogP contribution in [0.15, 0.2) is 41.0 Å². The molecule has 0 unspecified atom stereocenters. The van der Waals surface area contributed by atoms with Gasteiger partial charge in [-0.15, -0.1) is 0 Å². The van der Waals surface area contributed by atoms with Crippen molar-refractivity contribution in [1.29, 1.82) is 0 Å². The minimum Gasteiger partial charge on any atom is -0.454 e. The zero-order valence-electron chi connectivity index (χ0n) is 11.4. The summed E-state index contributed by atoms with van der Waals surface area (Å²) in [6.07, 6.45) is 0. The second-order valence-electron chi connectivity index (χ2n) is 4.69. The number of halogens is 1. The molecule has 6 heteroatoms. The number of carbonyl (C=O) groups is 1. The van der Waals surface area contributed by atoms with Gasteiger partial charge >= 0.3 is 0 Å². The smallest absolute Gasteiger partial charge is 0.272 e. The van der Waals surface area contributed by atoms with Crippen molar-refractivity contribution in [2.45, 2.75) is 6.54 Å². The van der Waals surface area contributed by atoms with Gasteiger partial charge in [0.25, 0.3) is 5.91 Å². The van der Waals surface area contributed by atoms with Crippen molar-refractivity contribution in [2.75, 3.05) is 13.8 Å². The van der Waals surface area contributed by atoms with Crippen LogP contribution in [0, 0.1) is 0 Å². The number of aromatic nitrogens is 1. The Hall–Kier alpha value is -2.08. The van der Waals surface area contributed by atoms with Gasteiger partial charge in [-0.25, -0.2) is 4.98 Å². The lowest BCUT2D eigenvalue weighted by molar-refractivity contribution is 0.0779. The molecule has 21 heavy (non-hydrogen) atoms. The average Bonchev–Trinajstić information content (AvgIpc) is 2.94. The predicted molar refractivity (Wildman–Crippen MR) is 80.3 cm³/mol. The standard InChI is InChI=1S/C15H13BrN2O3/c1-18(15(19)11-3-2-4-14(16)17-11)8-10-5-6-12-13(7-10)21-9-20-12/h2-7H,8-9H2,1H3. The molecule has 5 nitrogen and oxygen atoms in total. The lowest BCUT2D eigenvalue weighted by Crippen LogP contribution is -2.27. The fourth-order valence-corrected chi connectivity index (χ4v) is 2.45. The molecule has 0 saturated heterocycles. The first-order chi connectivity index (χ1) is 10.1. The maximum absolute atomic E-state index is 12.3. The minimum absolute atomic E-state index is 0.131. The first kappa shape index (κ1) is 13.9. The molecule has 1 aliphatic heterocycles. The third kappa shape index (κ3) is 3.00. The highest BCUT2D eigenvalue weighted by Crippen LogP contribution is 2.32. The van der Waals surface area contributed by atoms with E-state index in [-0.39, 0.29) is 12.7 Å². The van der Waals surface area contributed by atoms with Crippen LogP contribution in [0.3, 0.4) is 0 Å². The highest BCUT2D eigenvalue weighted by Gasteiger charge is 2.17. The van der Waals surface area contributed by atoms with Gasteiger partial charge in [0.2, 0.25) is 6.79 Å². The van der Waals surface area contributed by atoms with Crippen LogP contribution in [0.5, 0.6) is 11.5 Å². The molecular formula is C15H13BrN2O3. The number of fused-ring (bicyclic) bond motifs is 1. The van der Waals surface area contributed by atoms with Gasteiger partial charge in [0.05, 0.1) is 0 Å². The summed E-state index contributed by atoms with van der Waals surface area (Å²) in [4.78, 5) is 18.1. The Labute approximate surface area is 130 Å². The monoisotopic (exact) mass is 348 g/mol. The summed E-state index contributed by atoms with van der Waals surface area (Å²) in [5.41, 5.74) is 1.39. The van der Waals surface area contributed by atoms with E-state index in [1.807, 2.05) is 18.2 Å². The molecule has 3 rings (SSSR count). The Bertz CT molecular complexity index is 690. The highest BCUT2D eigenvalue weighted by molar-refractivity contribution is 9.10. The summed E-state index contributed by atoms with van der Waals surface area (Å²) in [6, 6.07) is 10.9. The van der Waals surface area contributed by atoms with Gasteiger partial charge in [0.15, 0.2) is 11.5 Å². The Balaban J connectivity index is 1.74. The van der Waals surface area contributed by atoms with Crippen molar-refractivity contribution in [3.05, 3.63) is 52.3 Å². The molecular weight excluding hydrogens is 336 g/mol. The lowest BCUT2D eigenvalue weighted by atomic mass is 10.2. The van der Waals surface area contributed by atoms with Crippen LogP contribution in [0.25, 0.3) is 0 Å². The molecule has 0 fully saturated rings. The quantitative estimate of drug-likeness (QED) is 0.800. The number of rotatable bonds is 3. The molecule has 0 atom stereocenters. The van der Waals surface area contributed by atoms with Crippen LogP contribution < -0.4 is 9.47 Å². The number of ether oxygens (including phenoxy) is 2. The van der Waals surface area contributed by atoms with Crippen molar-refractivity contribution >= 4 is 21.8 Å².